The van der Waals surface area contributed by atoms with Crippen LogP contribution in [0.1, 0.15) is 17.5 Å². The molecular formula is C12H12ClNOS. The zero-order valence-electron chi connectivity index (χ0n) is 8.85. The summed E-state index contributed by atoms with van der Waals surface area (Å²) in [5, 5.41) is 13.8. The highest BCUT2D eigenvalue weighted by atomic mass is 35.5. The highest BCUT2D eigenvalue weighted by Gasteiger charge is 2.26. The Hall–Kier alpha value is -0.900. The van der Waals surface area contributed by atoms with Crippen molar-refractivity contribution in [1.29, 1.82) is 0 Å². The van der Waals surface area contributed by atoms with Crippen LogP contribution in [-0.4, -0.2) is 10.1 Å². The number of benzene rings is 1. The van der Waals surface area contributed by atoms with Crippen molar-refractivity contribution in [1.82, 2.24) is 4.98 Å². The molecule has 0 spiro atoms. The van der Waals surface area contributed by atoms with E-state index in [0.717, 1.165) is 10.6 Å². The topological polar surface area (TPSA) is 33.1 Å². The van der Waals surface area contributed by atoms with Crippen LogP contribution in [0.4, 0.5) is 0 Å². The van der Waals surface area contributed by atoms with Crippen molar-refractivity contribution in [3.05, 3.63) is 51.4 Å². The molecule has 1 atom stereocenters. The molecule has 1 heterocycles. The molecule has 4 heteroatoms. The number of thiazole rings is 1. The van der Waals surface area contributed by atoms with Gasteiger partial charge in [0.15, 0.2) is 0 Å². The van der Waals surface area contributed by atoms with Crippen LogP contribution < -0.4 is 0 Å². The average Bonchev–Trinajstić information content (AvgIpc) is 2.70. The zero-order chi connectivity index (χ0) is 11.6. The molecule has 1 unspecified atom stereocenters. The maximum atomic E-state index is 10.4. The predicted octanol–water partition coefficient (Wildman–Crippen LogP) is 3.25. The molecule has 0 fully saturated rings. The molecule has 0 aliphatic carbocycles. The Morgan fingerprint density at radius 1 is 1.44 bits per heavy atom. The van der Waals surface area contributed by atoms with Gasteiger partial charge in [-0.25, -0.2) is 4.98 Å². The maximum absolute atomic E-state index is 10.4. The van der Waals surface area contributed by atoms with E-state index >= 15 is 0 Å². The molecule has 2 rings (SSSR count). The van der Waals surface area contributed by atoms with E-state index in [9.17, 15) is 5.11 Å². The second-order valence-corrected chi connectivity index (χ2v) is 5.24. The maximum Gasteiger partial charge on any atom is 0.0956 e. The Bertz CT molecular complexity index is 468. The third kappa shape index (κ3) is 2.43. The van der Waals surface area contributed by atoms with Crippen LogP contribution in [-0.2, 0) is 12.0 Å². The lowest BCUT2D eigenvalue weighted by molar-refractivity contribution is 0.0577. The third-order valence-electron chi connectivity index (χ3n) is 2.43. The van der Waals surface area contributed by atoms with Crippen molar-refractivity contribution in [2.45, 2.75) is 18.9 Å². The fourth-order valence-corrected chi connectivity index (χ4v) is 2.73. The first-order valence-corrected chi connectivity index (χ1v) is 6.21. The van der Waals surface area contributed by atoms with Gasteiger partial charge in [0.05, 0.1) is 10.6 Å². The molecule has 1 N–H and O–H groups in total. The van der Waals surface area contributed by atoms with Crippen molar-refractivity contribution in [2.24, 2.45) is 0 Å². The summed E-state index contributed by atoms with van der Waals surface area (Å²) in [6.45, 7) is 1.76. The monoisotopic (exact) mass is 253 g/mol. The van der Waals surface area contributed by atoms with Crippen molar-refractivity contribution in [2.75, 3.05) is 0 Å². The Balaban J connectivity index is 2.28. The van der Waals surface area contributed by atoms with Gasteiger partial charge in [0.25, 0.3) is 0 Å². The number of hydrogen-bond donors (Lipinski definition) is 1. The highest BCUT2D eigenvalue weighted by molar-refractivity contribution is 7.09. The van der Waals surface area contributed by atoms with Gasteiger partial charge in [-0.1, -0.05) is 29.8 Å². The van der Waals surface area contributed by atoms with Crippen LogP contribution in [0.15, 0.2) is 35.8 Å². The molecule has 0 bridgehead atoms. The molecule has 1 aromatic carbocycles. The molecule has 0 amide bonds. The summed E-state index contributed by atoms with van der Waals surface area (Å²) in [4.78, 5) is 4.17. The Morgan fingerprint density at radius 2 is 2.19 bits per heavy atom. The summed E-state index contributed by atoms with van der Waals surface area (Å²) in [6, 6.07) is 7.35. The van der Waals surface area contributed by atoms with Gasteiger partial charge in [-0.05, 0) is 13.0 Å². The molecule has 0 aliphatic rings. The largest absolute Gasteiger partial charge is 0.385 e. The number of rotatable bonds is 3. The van der Waals surface area contributed by atoms with E-state index in [-0.39, 0.29) is 0 Å². The molecule has 84 valence electrons. The number of nitrogens with zero attached hydrogens (tertiary/aromatic N) is 1. The Labute approximate surface area is 104 Å². The van der Waals surface area contributed by atoms with Crippen LogP contribution in [0.25, 0.3) is 0 Å². The summed E-state index contributed by atoms with van der Waals surface area (Å²) in [5.41, 5.74) is -0.234. The highest BCUT2D eigenvalue weighted by Crippen LogP contribution is 2.31. The summed E-state index contributed by atoms with van der Waals surface area (Å²) in [5.74, 6) is 0. The lowest BCUT2D eigenvalue weighted by Crippen LogP contribution is -2.24. The van der Waals surface area contributed by atoms with E-state index in [1.165, 1.54) is 11.3 Å². The van der Waals surface area contributed by atoms with Crippen LogP contribution in [0, 0.1) is 0 Å². The molecule has 0 aliphatic heterocycles. The van der Waals surface area contributed by atoms with Crippen molar-refractivity contribution >= 4 is 22.9 Å². The molecular weight excluding hydrogens is 242 g/mol. The van der Waals surface area contributed by atoms with Crippen LogP contribution in [0.3, 0.4) is 0 Å². The fraction of sp³-hybridized carbons (Fsp3) is 0.250. The van der Waals surface area contributed by atoms with Crippen LogP contribution in [0.5, 0.6) is 0 Å². The van der Waals surface area contributed by atoms with Crippen molar-refractivity contribution in [3.8, 4) is 0 Å². The van der Waals surface area contributed by atoms with Gasteiger partial charge in [-0.15, -0.1) is 11.3 Å². The molecule has 2 aromatic rings. The van der Waals surface area contributed by atoms with Crippen molar-refractivity contribution < 1.29 is 5.11 Å². The van der Waals surface area contributed by atoms with E-state index < -0.39 is 5.60 Å². The van der Waals surface area contributed by atoms with Crippen LogP contribution >= 0.6 is 22.9 Å². The fourth-order valence-electron chi connectivity index (χ4n) is 1.63. The first kappa shape index (κ1) is 11.6. The number of hydrogen-bond acceptors (Lipinski definition) is 3. The van der Waals surface area contributed by atoms with E-state index in [0.29, 0.717) is 11.4 Å². The van der Waals surface area contributed by atoms with Gasteiger partial charge in [-0.3, -0.25) is 0 Å². The van der Waals surface area contributed by atoms with E-state index in [1.807, 2.05) is 23.6 Å². The minimum atomic E-state index is -0.976. The zero-order valence-corrected chi connectivity index (χ0v) is 10.4. The molecule has 0 saturated heterocycles. The molecule has 0 saturated carbocycles. The third-order valence-corrected chi connectivity index (χ3v) is 3.54. The second-order valence-electron chi connectivity index (χ2n) is 3.86. The van der Waals surface area contributed by atoms with Crippen LogP contribution in [0.2, 0.25) is 5.02 Å². The van der Waals surface area contributed by atoms with Gasteiger partial charge >= 0.3 is 0 Å². The van der Waals surface area contributed by atoms with Gasteiger partial charge < -0.3 is 5.11 Å². The SMILES string of the molecule is CC(O)(Cc1nccs1)c1ccccc1Cl. The Kier molecular flexibility index (Phi) is 3.28. The number of aromatic nitrogens is 1. The lowest BCUT2D eigenvalue weighted by atomic mass is 9.93. The first-order chi connectivity index (χ1) is 7.59. The number of aliphatic hydroxyl groups is 1. The van der Waals surface area contributed by atoms with E-state index in [2.05, 4.69) is 4.98 Å². The quantitative estimate of drug-likeness (QED) is 0.911. The van der Waals surface area contributed by atoms with Gasteiger partial charge in [0.2, 0.25) is 0 Å². The Morgan fingerprint density at radius 3 is 2.81 bits per heavy atom. The first-order valence-electron chi connectivity index (χ1n) is 4.95. The molecule has 16 heavy (non-hydrogen) atoms. The summed E-state index contributed by atoms with van der Waals surface area (Å²) >= 11 is 7.61. The minimum absolute atomic E-state index is 0.481. The van der Waals surface area contributed by atoms with Crippen molar-refractivity contribution in [3.63, 3.8) is 0 Å². The average molecular weight is 254 g/mol. The summed E-state index contributed by atoms with van der Waals surface area (Å²) < 4.78 is 0. The van der Waals surface area contributed by atoms with E-state index in [1.54, 1.807) is 19.2 Å². The molecule has 1 aromatic heterocycles. The van der Waals surface area contributed by atoms with Gasteiger partial charge in [0, 0.05) is 28.6 Å². The normalized spacial score (nSPS) is 14.7. The van der Waals surface area contributed by atoms with Gasteiger partial charge in [0.1, 0.15) is 0 Å². The standard InChI is InChI=1S/C12H12ClNOS/c1-12(15,8-11-14-6-7-16-11)9-4-2-3-5-10(9)13/h2-7,15H,8H2,1H3. The lowest BCUT2D eigenvalue weighted by Gasteiger charge is -2.23. The van der Waals surface area contributed by atoms with Gasteiger partial charge in [-0.2, -0.15) is 0 Å². The van der Waals surface area contributed by atoms with E-state index in [4.69, 9.17) is 11.6 Å². The molecule has 2 nitrogen and oxygen atoms in total. The predicted molar refractivity (Wildman–Crippen MR) is 66.8 cm³/mol. The summed E-state index contributed by atoms with van der Waals surface area (Å²) in [7, 11) is 0. The molecule has 0 radical (unpaired) electrons. The summed E-state index contributed by atoms with van der Waals surface area (Å²) in [6.07, 6.45) is 2.22. The smallest absolute Gasteiger partial charge is 0.0956 e. The minimum Gasteiger partial charge on any atom is -0.385 e. The number of halogens is 1. The second kappa shape index (κ2) is 4.53.